The minimum Gasteiger partial charge on any atom is -0.508 e. The Morgan fingerprint density at radius 1 is 1.19 bits per heavy atom. The van der Waals surface area contributed by atoms with Gasteiger partial charge in [0, 0.05) is 23.5 Å². The molecule has 0 spiro atoms. The van der Waals surface area contributed by atoms with E-state index in [0.29, 0.717) is 16.5 Å². The summed E-state index contributed by atoms with van der Waals surface area (Å²) in [6, 6.07) is 12.9. The summed E-state index contributed by atoms with van der Waals surface area (Å²) in [5.41, 5.74) is 2.56. The minimum absolute atomic E-state index is 0.0526. The van der Waals surface area contributed by atoms with Gasteiger partial charge in [0.25, 0.3) is 0 Å². The number of likely N-dealkylation sites (N-methyl/N-ethyl adjacent to an activating group) is 1. The summed E-state index contributed by atoms with van der Waals surface area (Å²) < 4.78 is 0. The molecule has 2 bridgehead atoms. The predicted molar refractivity (Wildman–Crippen MR) is 109 cm³/mol. The first-order valence-corrected chi connectivity index (χ1v) is 9.83. The van der Waals surface area contributed by atoms with E-state index in [2.05, 4.69) is 11.9 Å². The smallest absolute Gasteiger partial charge is 0.161 e. The van der Waals surface area contributed by atoms with Gasteiger partial charge in [-0.15, -0.1) is 0 Å². The molecule has 0 amide bonds. The van der Waals surface area contributed by atoms with Crippen molar-refractivity contribution in [3.05, 3.63) is 69.2 Å². The molecule has 1 aliphatic heterocycles. The van der Waals surface area contributed by atoms with E-state index in [9.17, 15) is 9.90 Å². The van der Waals surface area contributed by atoms with Gasteiger partial charge < -0.3 is 5.11 Å². The Bertz CT molecular complexity index is 940. The van der Waals surface area contributed by atoms with Gasteiger partial charge >= 0.3 is 0 Å². The number of ketones is 1. The van der Waals surface area contributed by atoms with E-state index in [1.165, 1.54) is 0 Å². The maximum Gasteiger partial charge on any atom is 0.161 e. The summed E-state index contributed by atoms with van der Waals surface area (Å²) in [6.45, 7) is 0.909. The Labute approximate surface area is 169 Å². The number of phenols is 1. The molecule has 1 aliphatic carbocycles. The lowest BCUT2D eigenvalue weighted by atomic mass is 9.61. The molecule has 2 unspecified atom stereocenters. The number of carbonyl (C=O) groups excluding carboxylic acids is 1. The second-order valence-corrected chi connectivity index (χ2v) is 8.47. The van der Waals surface area contributed by atoms with Crippen LogP contribution in [0.25, 0.3) is 6.08 Å². The lowest BCUT2D eigenvalue weighted by Crippen LogP contribution is -2.53. The normalized spacial score (nSPS) is 27.1. The molecule has 1 saturated carbocycles. The van der Waals surface area contributed by atoms with Crippen molar-refractivity contribution >= 4 is 35.1 Å². The van der Waals surface area contributed by atoms with Gasteiger partial charge in [-0.3, -0.25) is 9.69 Å². The number of aromatic hydroxyl groups is 1. The van der Waals surface area contributed by atoms with Crippen molar-refractivity contribution in [3.63, 3.8) is 0 Å². The van der Waals surface area contributed by atoms with Crippen molar-refractivity contribution in [3.8, 4) is 5.75 Å². The van der Waals surface area contributed by atoms with Crippen LogP contribution in [0.5, 0.6) is 5.75 Å². The van der Waals surface area contributed by atoms with Crippen LogP contribution in [-0.2, 0) is 10.2 Å². The fraction of sp³-hybridized carbons (Fsp3) is 0.318. The maximum atomic E-state index is 13.2. The fourth-order valence-electron chi connectivity index (χ4n) is 4.44. The summed E-state index contributed by atoms with van der Waals surface area (Å²) in [5, 5.41) is 10.9. The van der Waals surface area contributed by atoms with Crippen LogP contribution in [0.3, 0.4) is 0 Å². The fourth-order valence-corrected chi connectivity index (χ4v) is 4.74. The number of fused-ring (bicyclic) bond motifs is 2. The van der Waals surface area contributed by atoms with E-state index in [1.807, 2.05) is 30.3 Å². The van der Waals surface area contributed by atoms with E-state index in [1.54, 1.807) is 18.2 Å². The van der Waals surface area contributed by atoms with Crippen LogP contribution in [0.2, 0.25) is 10.0 Å². The summed E-state index contributed by atoms with van der Waals surface area (Å²) in [7, 11) is 2.07. The van der Waals surface area contributed by atoms with Crippen molar-refractivity contribution in [2.24, 2.45) is 0 Å². The first-order valence-electron chi connectivity index (χ1n) is 9.08. The van der Waals surface area contributed by atoms with Gasteiger partial charge in [0.05, 0.1) is 10.0 Å². The molecule has 2 fully saturated rings. The van der Waals surface area contributed by atoms with Crippen molar-refractivity contribution in [2.75, 3.05) is 13.6 Å². The number of carbonyl (C=O) groups is 1. The number of nitrogens with zero attached hydrogens (tertiary/aromatic N) is 1. The largest absolute Gasteiger partial charge is 0.508 e. The van der Waals surface area contributed by atoms with E-state index >= 15 is 0 Å². The third-order valence-corrected chi connectivity index (χ3v) is 6.70. The number of rotatable bonds is 2. The second-order valence-electron chi connectivity index (χ2n) is 7.65. The highest BCUT2D eigenvalue weighted by atomic mass is 35.5. The molecule has 140 valence electrons. The molecule has 5 heteroatoms. The maximum absolute atomic E-state index is 13.2. The number of likely N-dealkylation sites (tertiary alicyclic amines) is 1. The van der Waals surface area contributed by atoms with Gasteiger partial charge in [-0.25, -0.2) is 0 Å². The van der Waals surface area contributed by atoms with E-state index in [0.717, 1.165) is 36.1 Å². The highest BCUT2D eigenvalue weighted by Gasteiger charge is 2.48. The number of piperidine rings is 1. The predicted octanol–water partition coefficient (Wildman–Crippen LogP) is 5.09. The van der Waals surface area contributed by atoms with Crippen molar-refractivity contribution in [1.82, 2.24) is 4.90 Å². The molecule has 1 N–H and O–H groups in total. The lowest BCUT2D eigenvalue weighted by molar-refractivity contribution is -0.120. The summed E-state index contributed by atoms with van der Waals surface area (Å²) in [4.78, 5) is 15.4. The molecular formula is C22H21Cl2NO2. The highest BCUT2D eigenvalue weighted by molar-refractivity contribution is 6.42. The molecule has 2 aromatic rings. The van der Waals surface area contributed by atoms with Crippen LogP contribution in [0.15, 0.2) is 48.0 Å². The van der Waals surface area contributed by atoms with Gasteiger partial charge in [0.2, 0.25) is 0 Å². The van der Waals surface area contributed by atoms with Crippen LogP contribution < -0.4 is 0 Å². The van der Waals surface area contributed by atoms with Crippen LogP contribution in [0.4, 0.5) is 0 Å². The Hall–Kier alpha value is -1.81. The molecule has 2 aromatic carbocycles. The number of halogens is 2. The van der Waals surface area contributed by atoms with Crippen molar-refractivity contribution < 1.29 is 9.90 Å². The second kappa shape index (κ2) is 6.97. The number of benzene rings is 2. The van der Waals surface area contributed by atoms with E-state index in [-0.39, 0.29) is 23.0 Å². The highest BCUT2D eigenvalue weighted by Crippen LogP contribution is 2.48. The molecular weight excluding hydrogens is 381 g/mol. The zero-order valence-corrected chi connectivity index (χ0v) is 16.6. The average Bonchev–Trinajstić information content (AvgIpc) is 2.64. The number of Topliss-reactive ketones (excluding diaryl/α,β-unsaturated/α-hetero) is 1. The third-order valence-electron chi connectivity index (χ3n) is 5.96. The monoisotopic (exact) mass is 401 g/mol. The number of phenolic OH excluding ortho intramolecular Hbond substituents is 1. The number of hydrogen-bond donors (Lipinski definition) is 1. The van der Waals surface area contributed by atoms with Gasteiger partial charge in [0.15, 0.2) is 5.78 Å². The average molecular weight is 402 g/mol. The quantitative estimate of drug-likeness (QED) is 0.712. The molecule has 1 saturated heterocycles. The SMILES string of the molecule is CN1CCC2(c3cccc(O)c3)CC(=O)/C(=C/c3ccc(Cl)c(Cl)c3)C1C2. The van der Waals surface area contributed by atoms with Crippen LogP contribution in [0.1, 0.15) is 30.4 Å². The van der Waals surface area contributed by atoms with Crippen molar-refractivity contribution in [1.29, 1.82) is 0 Å². The minimum atomic E-state index is -0.206. The summed E-state index contributed by atoms with van der Waals surface area (Å²) in [5.74, 6) is 0.411. The van der Waals surface area contributed by atoms with Gasteiger partial charge in [0.1, 0.15) is 5.75 Å². The topological polar surface area (TPSA) is 40.5 Å². The Balaban J connectivity index is 1.73. The molecule has 2 atom stereocenters. The van der Waals surface area contributed by atoms with E-state index in [4.69, 9.17) is 23.2 Å². The molecule has 4 rings (SSSR count). The molecule has 1 heterocycles. The zero-order valence-electron chi connectivity index (χ0n) is 15.1. The third kappa shape index (κ3) is 3.40. The van der Waals surface area contributed by atoms with Gasteiger partial charge in [-0.2, -0.15) is 0 Å². The molecule has 0 aromatic heterocycles. The lowest BCUT2D eigenvalue weighted by Gasteiger charge is -2.50. The first-order chi connectivity index (χ1) is 12.9. The Kier molecular flexibility index (Phi) is 4.79. The summed E-state index contributed by atoms with van der Waals surface area (Å²) >= 11 is 12.1. The molecule has 0 radical (unpaired) electrons. The molecule has 2 aliphatic rings. The first kappa shape index (κ1) is 18.5. The van der Waals surface area contributed by atoms with Crippen LogP contribution >= 0.6 is 23.2 Å². The zero-order chi connectivity index (χ0) is 19.2. The summed E-state index contributed by atoms with van der Waals surface area (Å²) in [6.07, 6.45) is 4.19. The molecule has 27 heavy (non-hydrogen) atoms. The van der Waals surface area contributed by atoms with Gasteiger partial charge in [-0.1, -0.05) is 41.4 Å². The van der Waals surface area contributed by atoms with Crippen molar-refractivity contribution in [2.45, 2.75) is 30.7 Å². The standard InChI is InChI=1S/C22H21Cl2NO2/c1-25-8-7-22(15-3-2-4-16(26)11-15)12-20(25)17(21(27)13-22)9-14-5-6-18(23)19(24)10-14/h2-6,9-11,20,26H,7-8,12-13H2,1H3/b17-9+. The van der Waals surface area contributed by atoms with Crippen LogP contribution in [-0.4, -0.2) is 35.4 Å². The Morgan fingerprint density at radius 3 is 2.74 bits per heavy atom. The van der Waals surface area contributed by atoms with Crippen LogP contribution in [0, 0.1) is 0 Å². The number of hydrogen-bond acceptors (Lipinski definition) is 3. The molecule has 3 nitrogen and oxygen atoms in total. The Morgan fingerprint density at radius 2 is 2.00 bits per heavy atom. The van der Waals surface area contributed by atoms with Gasteiger partial charge in [-0.05, 0) is 67.9 Å². The van der Waals surface area contributed by atoms with E-state index < -0.39 is 0 Å².